The van der Waals surface area contributed by atoms with Crippen LogP contribution in [0.25, 0.3) is 22.3 Å². The number of carbonyl (C=O) groups is 1. The standard InChI is InChI=1S/C35H44O5/c1-6-7-17-35(23-36,24-37)18-20-39-33-15-13-30(22-31(33)16-19-40-34(38)25(2)3)32-14-12-29(21-27(32)5)28-10-8-26(4)9-11-28/h8-15,21-22,36-37H,2,6-7,16-20,23-24H2,1,3-5H3. The van der Waals surface area contributed by atoms with E-state index < -0.39 is 11.4 Å². The first kappa shape index (κ1) is 31.1. The Morgan fingerprint density at radius 2 is 1.55 bits per heavy atom. The van der Waals surface area contributed by atoms with Gasteiger partial charge in [-0.15, -0.1) is 0 Å². The number of unbranched alkanes of at least 4 members (excludes halogenated alkanes) is 1. The molecule has 3 aromatic rings. The molecule has 0 amide bonds. The second kappa shape index (κ2) is 14.8. The Labute approximate surface area is 239 Å². The lowest BCUT2D eigenvalue weighted by atomic mass is 9.81. The van der Waals surface area contributed by atoms with Crippen LogP contribution in [0.5, 0.6) is 5.75 Å². The SMILES string of the molecule is C=C(C)C(=O)OCCc1cc(-c2ccc(-c3ccc(C)cc3)cc2C)ccc1OCCC(CO)(CO)CCCC. The predicted molar refractivity (Wildman–Crippen MR) is 163 cm³/mol. The van der Waals surface area contributed by atoms with E-state index in [4.69, 9.17) is 9.47 Å². The fourth-order valence-corrected chi connectivity index (χ4v) is 4.79. The fourth-order valence-electron chi connectivity index (χ4n) is 4.79. The molecule has 0 aliphatic carbocycles. The Kier molecular flexibility index (Phi) is 11.5. The van der Waals surface area contributed by atoms with Crippen molar-refractivity contribution < 1.29 is 24.5 Å². The molecule has 0 bridgehead atoms. The summed E-state index contributed by atoms with van der Waals surface area (Å²) >= 11 is 0. The molecule has 0 atom stereocenters. The highest BCUT2D eigenvalue weighted by Crippen LogP contribution is 2.33. The van der Waals surface area contributed by atoms with E-state index in [-0.39, 0.29) is 19.8 Å². The van der Waals surface area contributed by atoms with Crippen LogP contribution in [0.1, 0.15) is 56.2 Å². The lowest BCUT2D eigenvalue weighted by Crippen LogP contribution is -2.32. The molecule has 0 spiro atoms. The highest BCUT2D eigenvalue weighted by atomic mass is 16.5. The van der Waals surface area contributed by atoms with Crippen LogP contribution >= 0.6 is 0 Å². The topological polar surface area (TPSA) is 76.0 Å². The molecule has 2 N–H and O–H groups in total. The van der Waals surface area contributed by atoms with Crippen molar-refractivity contribution in [3.05, 3.63) is 89.5 Å². The van der Waals surface area contributed by atoms with Gasteiger partial charge in [0, 0.05) is 17.4 Å². The molecular weight excluding hydrogens is 500 g/mol. The third-order valence-corrected chi connectivity index (χ3v) is 7.56. The summed E-state index contributed by atoms with van der Waals surface area (Å²) in [4.78, 5) is 12.0. The van der Waals surface area contributed by atoms with Gasteiger partial charge in [0.25, 0.3) is 0 Å². The van der Waals surface area contributed by atoms with Gasteiger partial charge in [-0.3, -0.25) is 0 Å². The van der Waals surface area contributed by atoms with Crippen molar-refractivity contribution in [2.45, 2.75) is 59.8 Å². The zero-order valence-electron chi connectivity index (χ0n) is 24.5. The number of carbonyl (C=O) groups excluding carboxylic acids is 1. The van der Waals surface area contributed by atoms with E-state index in [1.54, 1.807) is 6.92 Å². The van der Waals surface area contributed by atoms with Gasteiger partial charge in [0.05, 0.1) is 26.4 Å². The molecule has 0 unspecified atom stereocenters. The number of aliphatic hydroxyl groups excluding tert-OH is 2. The summed E-state index contributed by atoms with van der Waals surface area (Å²) in [6.45, 7) is 12.0. The van der Waals surface area contributed by atoms with E-state index >= 15 is 0 Å². The summed E-state index contributed by atoms with van der Waals surface area (Å²) in [5.74, 6) is 0.303. The van der Waals surface area contributed by atoms with E-state index in [1.807, 2.05) is 6.07 Å². The van der Waals surface area contributed by atoms with E-state index in [2.05, 4.69) is 81.9 Å². The zero-order valence-corrected chi connectivity index (χ0v) is 24.5. The van der Waals surface area contributed by atoms with Crippen LogP contribution in [-0.4, -0.2) is 42.6 Å². The highest BCUT2D eigenvalue weighted by molar-refractivity contribution is 5.86. The first-order chi connectivity index (χ1) is 19.2. The first-order valence-electron chi connectivity index (χ1n) is 14.2. The number of hydrogen-bond donors (Lipinski definition) is 2. The summed E-state index contributed by atoms with van der Waals surface area (Å²) in [6.07, 6.45) is 3.73. The molecule has 0 aliphatic heterocycles. The molecule has 3 rings (SSSR count). The summed E-state index contributed by atoms with van der Waals surface area (Å²) in [6, 6.07) is 21.1. The van der Waals surface area contributed by atoms with Crippen molar-refractivity contribution in [2.24, 2.45) is 5.41 Å². The van der Waals surface area contributed by atoms with Gasteiger partial charge in [0.15, 0.2) is 0 Å². The minimum Gasteiger partial charge on any atom is -0.493 e. The number of esters is 1. The third kappa shape index (κ3) is 8.30. The maximum absolute atomic E-state index is 12.0. The lowest BCUT2D eigenvalue weighted by molar-refractivity contribution is -0.138. The summed E-state index contributed by atoms with van der Waals surface area (Å²) in [7, 11) is 0. The van der Waals surface area contributed by atoms with Gasteiger partial charge >= 0.3 is 5.97 Å². The highest BCUT2D eigenvalue weighted by Gasteiger charge is 2.28. The van der Waals surface area contributed by atoms with Gasteiger partial charge < -0.3 is 19.7 Å². The molecule has 0 aromatic heterocycles. The van der Waals surface area contributed by atoms with Crippen LogP contribution in [0.2, 0.25) is 0 Å². The van der Waals surface area contributed by atoms with Gasteiger partial charge in [0.2, 0.25) is 0 Å². The van der Waals surface area contributed by atoms with E-state index in [0.717, 1.165) is 41.5 Å². The quantitative estimate of drug-likeness (QED) is 0.156. The predicted octanol–water partition coefficient (Wildman–Crippen LogP) is 7.23. The van der Waals surface area contributed by atoms with Crippen molar-refractivity contribution in [3.63, 3.8) is 0 Å². The number of aliphatic hydroxyl groups is 2. The number of benzene rings is 3. The monoisotopic (exact) mass is 544 g/mol. The molecule has 0 saturated heterocycles. The molecule has 0 heterocycles. The summed E-state index contributed by atoms with van der Waals surface area (Å²) in [5.41, 5.74) is 7.69. The van der Waals surface area contributed by atoms with E-state index in [9.17, 15) is 15.0 Å². The lowest BCUT2D eigenvalue weighted by Gasteiger charge is -2.30. The molecule has 5 nitrogen and oxygen atoms in total. The minimum atomic E-state index is -0.552. The molecule has 0 radical (unpaired) electrons. The molecule has 40 heavy (non-hydrogen) atoms. The maximum Gasteiger partial charge on any atom is 0.333 e. The second-order valence-corrected chi connectivity index (χ2v) is 10.9. The minimum absolute atomic E-state index is 0.0760. The Morgan fingerprint density at radius 1 is 0.875 bits per heavy atom. The molecule has 0 saturated carbocycles. The van der Waals surface area contributed by atoms with Crippen molar-refractivity contribution in [1.82, 2.24) is 0 Å². The molecule has 5 heteroatoms. The van der Waals surface area contributed by atoms with Crippen molar-refractivity contribution >= 4 is 5.97 Å². The van der Waals surface area contributed by atoms with Crippen LogP contribution in [0.3, 0.4) is 0 Å². The Morgan fingerprint density at radius 3 is 2.17 bits per heavy atom. The number of hydrogen-bond acceptors (Lipinski definition) is 5. The molecule has 0 fully saturated rings. The molecule has 0 aliphatic rings. The zero-order chi connectivity index (χ0) is 29.1. The van der Waals surface area contributed by atoms with Crippen LogP contribution in [0, 0.1) is 19.3 Å². The normalized spacial score (nSPS) is 11.3. The largest absolute Gasteiger partial charge is 0.493 e. The molecule has 214 valence electrons. The van der Waals surface area contributed by atoms with Crippen LogP contribution in [-0.2, 0) is 16.0 Å². The van der Waals surface area contributed by atoms with Crippen LogP contribution < -0.4 is 4.74 Å². The van der Waals surface area contributed by atoms with Gasteiger partial charge in [-0.05, 0) is 79.1 Å². The fraction of sp³-hybridized carbons (Fsp3) is 0.400. The number of aryl methyl sites for hydroxylation is 2. The van der Waals surface area contributed by atoms with Gasteiger partial charge in [-0.1, -0.05) is 80.4 Å². The van der Waals surface area contributed by atoms with Crippen molar-refractivity contribution in [3.8, 4) is 28.0 Å². The van der Waals surface area contributed by atoms with Crippen LogP contribution in [0.4, 0.5) is 0 Å². The van der Waals surface area contributed by atoms with Crippen molar-refractivity contribution in [2.75, 3.05) is 26.4 Å². The Balaban J connectivity index is 1.84. The van der Waals surface area contributed by atoms with Gasteiger partial charge in [-0.25, -0.2) is 4.79 Å². The second-order valence-electron chi connectivity index (χ2n) is 10.9. The maximum atomic E-state index is 12.0. The van der Waals surface area contributed by atoms with Crippen LogP contribution in [0.15, 0.2) is 72.8 Å². The number of ether oxygens (including phenoxy) is 2. The first-order valence-corrected chi connectivity index (χ1v) is 14.2. The Bertz CT molecular complexity index is 1270. The third-order valence-electron chi connectivity index (χ3n) is 7.56. The average Bonchev–Trinajstić information content (AvgIpc) is 2.96. The Hall–Kier alpha value is -3.41. The smallest absolute Gasteiger partial charge is 0.333 e. The molecule has 3 aromatic carbocycles. The summed E-state index contributed by atoms with van der Waals surface area (Å²) in [5, 5.41) is 20.0. The average molecular weight is 545 g/mol. The molecular formula is C35H44O5. The van der Waals surface area contributed by atoms with E-state index in [1.165, 1.54) is 16.7 Å². The van der Waals surface area contributed by atoms with Gasteiger partial charge in [0.1, 0.15) is 5.75 Å². The number of rotatable bonds is 15. The van der Waals surface area contributed by atoms with Gasteiger partial charge in [-0.2, -0.15) is 0 Å². The van der Waals surface area contributed by atoms with Crippen molar-refractivity contribution in [1.29, 1.82) is 0 Å². The van der Waals surface area contributed by atoms with E-state index in [0.29, 0.717) is 30.8 Å². The summed E-state index contributed by atoms with van der Waals surface area (Å²) < 4.78 is 11.6.